The number of hydrogen-bond acceptors (Lipinski definition) is 4. The van der Waals surface area contributed by atoms with Crippen molar-refractivity contribution < 1.29 is 13.5 Å². The van der Waals surface area contributed by atoms with Gasteiger partial charge in [0.25, 0.3) is 0 Å². The summed E-state index contributed by atoms with van der Waals surface area (Å²) in [7, 11) is -3.58. The zero-order valence-corrected chi connectivity index (χ0v) is 12.3. The highest BCUT2D eigenvalue weighted by Crippen LogP contribution is 2.30. The highest BCUT2D eigenvalue weighted by Gasteiger charge is 2.33. The Morgan fingerprint density at radius 3 is 2.72 bits per heavy atom. The number of benzene rings is 1. The summed E-state index contributed by atoms with van der Waals surface area (Å²) in [6, 6.07) is 3.22. The van der Waals surface area contributed by atoms with E-state index in [4.69, 9.17) is 5.73 Å². The fourth-order valence-electron chi connectivity index (χ4n) is 2.01. The highest BCUT2D eigenvalue weighted by molar-refractivity contribution is 9.10. The van der Waals surface area contributed by atoms with Crippen LogP contribution in [0.25, 0.3) is 0 Å². The summed E-state index contributed by atoms with van der Waals surface area (Å²) in [6.07, 6.45) is -0.105. The molecule has 1 fully saturated rings. The molecule has 1 unspecified atom stereocenters. The lowest BCUT2D eigenvalue weighted by Gasteiger charge is -2.18. The summed E-state index contributed by atoms with van der Waals surface area (Å²) < 4.78 is 26.8. The van der Waals surface area contributed by atoms with Gasteiger partial charge in [0.15, 0.2) is 0 Å². The van der Waals surface area contributed by atoms with Crippen LogP contribution in [0.1, 0.15) is 12.0 Å². The van der Waals surface area contributed by atoms with Crippen LogP contribution in [0.3, 0.4) is 0 Å². The first-order chi connectivity index (χ1) is 8.32. The van der Waals surface area contributed by atoms with Gasteiger partial charge in [-0.25, -0.2) is 8.42 Å². The number of anilines is 1. The Morgan fingerprint density at radius 2 is 2.17 bits per heavy atom. The normalized spacial score (nSPS) is 21.4. The average Bonchev–Trinajstić information content (AvgIpc) is 2.70. The summed E-state index contributed by atoms with van der Waals surface area (Å²) in [5.74, 6) is 0. The molecular weight excluding hydrogens is 320 g/mol. The fraction of sp³-hybridized carbons (Fsp3) is 0.455. The molecule has 1 saturated heterocycles. The van der Waals surface area contributed by atoms with Crippen molar-refractivity contribution in [1.82, 2.24) is 4.31 Å². The highest BCUT2D eigenvalue weighted by atomic mass is 79.9. The maximum Gasteiger partial charge on any atom is 0.243 e. The van der Waals surface area contributed by atoms with E-state index in [2.05, 4.69) is 15.9 Å². The molecule has 0 bridgehead atoms. The standard InChI is InChI=1S/C11H15BrN2O3S/c1-7-10(13)4-8(12)5-11(7)18(16,17)14-3-2-9(15)6-14/h4-5,9,15H,2-3,6,13H2,1H3. The number of β-amino-alcohol motifs (C(OH)–C–C–N with tert-alkyl or cyclic N) is 1. The molecule has 3 N–H and O–H groups in total. The number of nitrogens with zero attached hydrogens (tertiary/aromatic N) is 1. The van der Waals surface area contributed by atoms with Crippen LogP contribution in [0.15, 0.2) is 21.5 Å². The lowest BCUT2D eigenvalue weighted by atomic mass is 10.2. The molecule has 1 aromatic carbocycles. The molecule has 0 spiro atoms. The third-order valence-electron chi connectivity index (χ3n) is 3.11. The maximum absolute atomic E-state index is 12.4. The van der Waals surface area contributed by atoms with Crippen molar-refractivity contribution in [3.8, 4) is 0 Å². The molecule has 7 heteroatoms. The number of nitrogens with two attached hydrogens (primary N) is 1. The lowest BCUT2D eigenvalue weighted by molar-refractivity contribution is 0.189. The van der Waals surface area contributed by atoms with E-state index in [-0.39, 0.29) is 11.4 Å². The first-order valence-electron chi connectivity index (χ1n) is 5.56. The van der Waals surface area contributed by atoms with Crippen LogP contribution in [0.2, 0.25) is 0 Å². The molecule has 100 valence electrons. The molecule has 1 aromatic rings. The van der Waals surface area contributed by atoms with Gasteiger partial charge in [-0.15, -0.1) is 0 Å². The van der Waals surface area contributed by atoms with Crippen LogP contribution in [-0.2, 0) is 10.0 Å². The number of hydrogen-bond donors (Lipinski definition) is 2. The Balaban J connectivity index is 2.48. The van der Waals surface area contributed by atoms with Crippen molar-refractivity contribution in [2.24, 2.45) is 0 Å². The maximum atomic E-state index is 12.4. The van der Waals surface area contributed by atoms with E-state index in [9.17, 15) is 13.5 Å². The van der Waals surface area contributed by atoms with E-state index in [0.29, 0.717) is 28.7 Å². The second-order valence-corrected chi connectivity index (χ2v) is 7.25. The SMILES string of the molecule is Cc1c(N)cc(Br)cc1S(=O)(=O)N1CCC(O)C1. The Kier molecular flexibility index (Phi) is 3.68. The molecule has 0 amide bonds. The molecule has 5 nitrogen and oxygen atoms in total. The van der Waals surface area contributed by atoms with Crippen LogP contribution in [0.5, 0.6) is 0 Å². The van der Waals surface area contributed by atoms with Crippen LogP contribution >= 0.6 is 15.9 Å². The number of sulfonamides is 1. The van der Waals surface area contributed by atoms with Gasteiger partial charge < -0.3 is 10.8 Å². The van der Waals surface area contributed by atoms with Gasteiger partial charge in [-0.1, -0.05) is 15.9 Å². The number of aliphatic hydroxyl groups excluding tert-OH is 1. The average molecular weight is 335 g/mol. The van der Waals surface area contributed by atoms with Crippen molar-refractivity contribution in [3.05, 3.63) is 22.2 Å². The van der Waals surface area contributed by atoms with E-state index in [1.54, 1.807) is 19.1 Å². The van der Waals surface area contributed by atoms with Crippen molar-refractivity contribution in [1.29, 1.82) is 0 Å². The Hall–Kier alpha value is -0.630. The summed E-state index contributed by atoms with van der Waals surface area (Å²) in [5.41, 5.74) is 6.76. The minimum atomic E-state index is -3.58. The lowest BCUT2D eigenvalue weighted by Crippen LogP contribution is -2.30. The first kappa shape index (κ1) is 13.8. The monoisotopic (exact) mass is 334 g/mol. The molecule has 0 radical (unpaired) electrons. The summed E-state index contributed by atoms with van der Waals surface area (Å²) in [4.78, 5) is 0.198. The van der Waals surface area contributed by atoms with E-state index in [0.717, 1.165) is 0 Å². The smallest absolute Gasteiger partial charge is 0.243 e. The molecule has 2 rings (SSSR count). The molecular formula is C11H15BrN2O3S. The zero-order chi connectivity index (χ0) is 13.5. The van der Waals surface area contributed by atoms with Crippen molar-refractivity contribution in [3.63, 3.8) is 0 Å². The van der Waals surface area contributed by atoms with Gasteiger partial charge in [-0.3, -0.25) is 0 Å². The van der Waals surface area contributed by atoms with Crippen molar-refractivity contribution in [2.45, 2.75) is 24.3 Å². The topological polar surface area (TPSA) is 83.6 Å². The Bertz CT molecular complexity index is 574. The van der Waals surface area contributed by atoms with Gasteiger partial charge in [-0.2, -0.15) is 4.31 Å². The summed E-state index contributed by atoms with van der Waals surface area (Å²) >= 11 is 3.25. The second kappa shape index (κ2) is 4.80. The Labute approximate surface area is 115 Å². The minimum Gasteiger partial charge on any atom is -0.398 e. The predicted molar refractivity (Wildman–Crippen MR) is 72.7 cm³/mol. The summed E-state index contributed by atoms with van der Waals surface area (Å²) in [5, 5.41) is 9.45. The zero-order valence-electron chi connectivity index (χ0n) is 9.93. The largest absolute Gasteiger partial charge is 0.398 e. The van der Waals surface area contributed by atoms with Gasteiger partial charge in [0.1, 0.15) is 0 Å². The van der Waals surface area contributed by atoms with Crippen molar-refractivity contribution in [2.75, 3.05) is 18.8 Å². The Morgan fingerprint density at radius 1 is 1.50 bits per heavy atom. The molecule has 0 aliphatic carbocycles. The molecule has 1 aliphatic heterocycles. The van der Waals surface area contributed by atoms with Crippen LogP contribution in [0, 0.1) is 6.92 Å². The molecule has 0 aromatic heterocycles. The quantitative estimate of drug-likeness (QED) is 0.793. The van der Waals surface area contributed by atoms with E-state index < -0.39 is 16.1 Å². The minimum absolute atomic E-state index is 0.147. The number of nitrogen functional groups attached to an aromatic ring is 1. The first-order valence-corrected chi connectivity index (χ1v) is 7.79. The number of aliphatic hydroxyl groups is 1. The van der Waals surface area contributed by atoms with E-state index in [1.807, 2.05) is 0 Å². The van der Waals surface area contributed by atoms with Gasteiger partial charge in [0.05, 0.1) is 11.0 Å². The summed E-state index contributed by atoms with van der Waals surface area (Å²) in [6.45, 7) is 2.17. The molecule has 18 heavy (non-hydrogen) atoms. The van der Waals surface area contributed by atoms with Gasteiger partial charge in [-0.05, 0) is 31.0 Å². The van der Waals surface area contributed by atoms with E-state index >= 15 is 0 Å². The third-order valence-corrected chi connectivity index (χ3v) is 5.56. The van der Waals surface area contributed by atoms with Crippen LogP contribution < -0.4 is 5.73 Å². The van der Waals surface area contributed by atoms with Crippen molar-refractivity contribution >= 4 is 31.6 Å². The fourth-order valence-corrected chi connectivity index (χ4v) is 4.41. The molecule has 1 aliphatic rings. The van der Waals surface area contributed by atoms with Gasteiger partial charge in [0, 0.05) is 23.2 Å². The molecule has 1 heterocycles. The van der Waals surface area contributed by atoms with E-state index in [1.165, 1.54) is 4.31 Å². The second-order valence-electron chi connectivity index (χ2n) is 4.42. The number of rotatable bonds is 2. The molecule has 1 atom stereocenters. The molecule has 0 saturated carbocycles. The third kappa shape index (κ3) is 2.40. The number of halogens is 1. The van der Waals surface area contributed by atoms with Crippen LogP contribution in [0.4, 0.5) is 5.69 Å². The van der Waals surface area contributed by atoms with Gasteiger partial charge in [0.2, 0.25) is 10.0 Å². The van der Waals surface area contributed by atoms with Crippen LogP contribution in [-0.4, -0.2) is 37.0 Å². The van der Waals surface area contributed by atoms with Gasteiger partial charge >= 0.3 is 0 Å². The predicted octanol–water partition coefficient (Wildman–Crippen LogP) is 1.10.